The van der Waals surface area contributed by atoms with Gasteiger partial charge in [0.1, 0.15) is 0 Å². The Hall–Kier alpha value is -1.10. The second-order valence-corrected chi connectivity index (χ2v) is 5.97. The molecular formula is C16H22ClNO3. The Morgan fingerprint density at radius 3 is 2.81 bits per heavy atom. The molecule has 116 valence electrons. The van der Waals surface area contributed by atoms with E-state index in [-0.39, 0.29) is 24.3 Å². The van der Waals surface area contributed by atoms with E-state index in [1.807, 2.05) is 24.3 Å². The molecule has 1 aliphatic rings. The molecule has 0 radical (unpaired) electrons. The van der Waals surface area contributed by atoms with Gasteiger partial charge >= 0.3 is 0 Å². The minimum Gasteiger partial charge on any atom is -0.396 e. The van der Waals surface area contributed by atoms with Crippen molar-refractivity contribution in [1.29, 1.82) is 0 Å². The Labute approximate surface area is 130 Å². The normalized spacial score (nSPS) is 20.0. The number of aliphatic hydroxyl groups excluding tert-OH is 1. The summed E-state index contributed by atoms with van der Waals surface area (Å²) >= 11 is 5.85. The number of carbonyl (C=O) groups excluding carboxylic acids is 1. The van der Waals surface area contributed by atoms with Gasteiger partial charge in [-0.15, -0.1) is 0 Å². The highest BCUT2D eigenvalue weighted by molar-refractivity contribution is 6.30. The van der Waals surface area contributed by atoms with E-state index in [1.165, 1.54) is 0 Å². The Bertz CT molecular complexity index is 443. The molecular weight excluding hydrogens is 290 g/mol. The average molecular weight is 312 g/mol. The molecule has 1 saturated heterocycles. The van der Waals surface area contributed by atoms with Gasteiger partial charge in [0.15, 0.2) is 0 Å². The lowest BCUT2D eigenvalue weighted by Crippen LogP contribution is -2.39. The van der Waals surface area contributed by atoms with E-state index in [2.05, 4.69) is 5.32 Å². The van der Waals surface area contributed by atoms with Crippen molar-refractivity contribution in [2.75, 3.05) is 26.4 Å². The summed E-state index contributed by atoms with van der Waals surface area (Å²) in [7, 11) is 0. The third-order valence-electron chi connectivity index (χ3n) is 3.79. The van der Waals surface area contributed by atoms with Gasteiger partial charge in [-0.25, -0.2) is 0 Å². The van der Waals surface area contributed by atoms with Crippen LogP contribution in [0, 0.1) is 11.8 Å². The molecule has 4 nitrogen and oxygen atoms in total. The van der Waals surface area contributed by atoms with E-state index >= 15 is 0 Å². The van der Waals surface area contributed by atoms with Gasteiger partial charge in [-0.2, -0.15) is 0 Å². The number of ether oxygens (including phenoxy) is 1. The first-order valence-electron chi connectivity index (χ1n) is 7.40. The van der Waals surface area contributed by atoms with Crippen molar-refractivity contribution in [3.8, 4) is 0 Å². The molecule has 1 heterocycles. The number of benzene rings is 1. The monoisotopic (exact) mass is 311 g/mol. The maximum atomic E-state index is 12.0. The third kappa shape index (κ3) is 5.30. The third-order valence-corrected chi connectivity index (χ3v) is 4.04. The molecule has 1 fully saturated rings. The largest absolute Gasteiger partial charge is 0.396 e. The molecule has 2 rings (SSSR count). The van der Waals surface area contributed by atoms with E-state index in [1.54, 1.807) is 0 Å². The van der Waals surface area contributed by atoms with Crippen molar-refractivity contribution >= 4 is 17.5 Å². The minimum absolute atomic E-state index is 0.0136. The number of aliphatic hydroxyl groups is 1. The summed E-state index contributed by atoms with van der Waals surface area (Å²) in [5.74, 6) is -0.00230. The number of hydrogen-bond acceptors (Lipinski definition) is 3. The maximum absolute atomic E-state index is 12.0. The van der Waals surface area contributed by atoms with Crippen molar-refractivity contribution in [2.45, 2.75) is 19.3 Å². The van der Waals surface area contributed by atoms with Gasteiger partial charge in [-0.05, 0) is 37.0 Å². The molecule has 0 spiro atoms. The van der Waals surface area contributed by atoms with Gasteiger partial charge in [0, 0.05) is 30.7 Å². The quantitative estimate of drug-likeness (QED) is 0.845. The highest BCUT2D eigenvalue weighted by Crippen LogP contribution is 2.15. The van der Waals surface area contributed by atoms with Crippen molar-refractivity contribution in [1.82, 2.24) is 5.32 Å². The summed E-state index contributed by atoms with van der Waals surface area (Å²) < 4.78 is 5.32. The summed E-state index contributed by atoms with van der Waals surface area (Å²) in [6, 6.07) is 7.57. The fraction of sp³-hybridized carbons (Fsp3) is 0.562. The smallest absolute Gasteiger partial charge is 0.225 e. The minimum atomic E-state index is -0.0476. The fourth-order valence-corrected chi connectivity index (χ4v) is 2.62. The molecule has 1 aromatic carbocycles. The number of hydrogen-bond donors (Lipinski definition) is 2. The van der Waals surface area contributed by atoms with Crippen LogP contribution in [0.1, 0.15) is 18.4 Å². The molecule has 5 heteroatoms. The van der Waals surface area contributed by atoms with Crippen molar-refractivity contribution in [3.05, 3.63) is 34.9 Å². The Morgan fingerprint density at radius 1 is 1.43 bits per heavy atom. The molecule has 1 aliphatic heterocycles. The van der Waals surface area contributed by atoms with E-state index in [9.17, 15) is 9.90 Å². The number of carbonyl (C=O) groups is 1. The van der Waals surface area contributed by atoms with Gasteiger partial charge in [0.25, 0.3) is 0 Å². The Kier molecular flexibility index (Phi) is 6.49. The van der Waals surface area contributed by atoms with Crippen LogP contribution in [0.15, 0.2) is 24.3 Å². The van der Waals surface area contributed by atoms with Gasteiger partial charge in [0.2, 0.25) is 5.91 Å². The van der Waals surface area contributed by atoms with Crippen LogP contribution in [0.2, 0.25) is 5.02 Å². The highest BCUT2D eigenvalue weighted by atomic mass is 35.5. The van der Waals surface area contributed by atoms with Crippen LogP contribution < -0.4 is 5.32 Å². The lowest BCUT2D eigenvalue weighted by Gasteiger charge is -2.22. The van der Waals surface area contributed by atoms with Gasteiger partial charge in [-0.1, -0.05) is 23.7 Å². The van der Waals surface area contributed by atoms with Crippen LogP contribution >= 0.6 is 11.6 Å². The van der Waals surface area contributed by atoms with Crippen LogP contribution in [0.5, 0.6) is 0 Å². The molecule has 2 N–H and O–H groups in total. The predicted molar refractivity (Wildman–Crippen MR) is 82.3 cm³/mol. The van der Waals surface area contributed by atoms with Crippen LogP contribution in [0.25, 0.3) is 0 Å². The maximum Gasteiger partial charge on any atom is 0.225 e. The number of rotatable bonds is 6. The molecule has 0 bridgehead atoms. The summed E-state index contributed by atoms with van der Waals surface area (Å²) in [6.45, 7) is 1.78. The zero-order valence-electron chi connectivity index (χ0n) is 12.1. The summed E-state index contributed by atoms with van der Waals surface area (Å²) in [5.41, 5.74) is 1.11. The van der Waals surface area contributed by atoms with Crippen LogP contribution in [-0.2, 0) is 16.0 Å². The average Bonchev–Trinajstić information content (AvgIpc) is 2.53. The van der Waals surface area contributed by atoms with E-state index in [0.717, 1.165) is 31.4 Å². The Morgan fingerprint density at radius 2 is 2.19 bits per heavy atom. The standard InChI is InChI=1S/C16H22ClNO3/c17-15-5-3-12(4-6-15)8-13(10-19)9-18-16(20)14-2-1-7-21-11-14/h3-6,13-14,19H,1-2,7-11H2,(H,18,20)/t13-,14-/m0/s1. The molecule has 0 unspecified atom stereocenters. The van der Waals surface area contributed by atoms with Gasteiger partial charge < -0.3 is 15.2 Å². The lowest BCUT2D eigenvalue weighted by molar-refractivity contribution is -0.129. The molecule has 21 heavy (non-hydrogen) atoms. The molecule has 1 amide bonds. The highest BCUT2D eigenvalue weighted by Gasteiger charge is 2.22. The Balaban J connectivity index is 1.78. The first-order chi connectivity index (χ1) is 10.2. The fourth-order valence-electron chi connectivity index (χ4n) is 2.49. The molecule has 0 aromatic heterocycles. The van der Waals surface area contributed by atoms with E-state index in [0.29, 0.717) is 18.2 Å². The van der Waals surface area contributed by atoms with Crippen LogP contribution in [0.3, 0.4) is 0 Å². The SMILES string of the molecule is O=C(NC[C@@H](CO)Cc1ccc(Cl)cc1)[C@H]1CCCOC1. The van der Waals surface area contributed by atoms with Crippen LogP contribution in [0.4, 0.5) is 0 Å². The first kappa shape index (κ1) is 16.3. The van der Waals surface area contributed by atoms with Crippen molar-refractivity contribution < 1.29 is 14.6 Å². The molecule has 0 aliphatic carbocycles. The zero-order valence-corrected chi connectivity index (χ0v) is 12.8. The second kappa shape index (κ2) is 8.37. The molecule has 2 atom stereocenters. The number of amides is 1. The number of nitrogens with one attached hydrogen (secondary N) is 1. The molecule has 1 aromatic rings. The van der Waals surface area contributed by atoms with Crippen molar-refractivity contribution in [3.63, 3.8) is 0 Å². The topological polar surface area (TPSA) is 58.6 Å². The van der Waals surface area contributed by atoms with Crippen molar-refractivity contribution in [2.24, 2.45) is 11.8 Å². The summed E-state index contributed by atoms with van der Waals surface area (Å²) in [6.07, 6.45) is 2.54. The van der Waals surface area contributed by atoms with Crippen LogP contribution in [-0.4, -0.2) is 37.4 Å². The number of halogens is 1. The van der Waals surface area contributed by atoms with E-state index in [4.69, 9.17) is 16.3 Å². The van der Waals surface area contributed by atoms with Gasteiger partial charge in [-0.3, -0.25) is 4.79 Å². The van der Waals surface area contributed by atoms with Gasteiger partial charge in [0.05, 0.1) is 12.5 Å². The lowest BCUT2D eigenvalue weighted by atomic mass is 9.98. The summed E-state index contributed by atoms with van der Waals surface area (Å²) in [5, 5.41) is 13.1. The zero-order chi connectivity index (χ0) is 15.1. The second-order valence-electron chi connectivity index (χ2n) is 5.54. The predicted octanol–water partition coefficient (Wildman–Crippen LogP) is 2.03. The molecule has 0 saturated carbocycles. The van der Waals surface area contributed by atoms with E-state index < -0.39 is 0 Å². The first-order valence-corrected chi connectivity index (χ1v) is 7.77. The summed E-state index contributed by atoms with van der Waals surface area (Å²) in [4.78, 5) is 12.0.